The number of aryl methyl sites for hydroxylation is 1. The van der Waals surface area contributed by atoms with Gasteiger partial charge in [0.2, 0.25) is 0 Å². The standard InChI is InChI=1S/C19H20N2O4/c1-12-7-8-16(14-6-4-3-5-13(12)14)20-17-15(19(24)25-2)11-21(9-10-22)18(17)23/h3-8,20,22H,9-11H2,1-2H3. The van der Waals surface area contributed by atoms with Gasteiger partial charge in [-0.15, -0.1) is 0 Å². The van der Waals surface area contributed by atoms with Gasteiger partial charge < -0.3 is 20.1 Å². The van der Waals surface area contributed by atoms with Gasteiger partial charge in [-0.1, -0.05) is 30.3 Å². The largest absolute Gasteiger partial charge is 0.466 e. The zero-order chi connectivity index (χ0) is 18.0. The lowest BCUT2D eigenvalue weighted by Gasteiger charge is -2.16. The molecule has 2 N–H and O–H groups in total. The maximum absolute atomic E-state index is 12.6. The summed E-state index contributed by atoms with van der Waals surface area (Å²) >= 11 is 0. The molecule has 0 saturated heterocycles. The Bertz CT molecular complexity index is 873. The van der Waals surface area contributed by atoms with Crippen LogP contribution in [-0.2, 0) is 14.3 Å². The van der Waals surface area contributed by atoms with E-state index in [-0.39, 0.29) is 36.9 Å². The van der Waals surface area contributed by atoms with Crippen LogP contribution in [0, 0.1) is 6.92 Å². The van der Waals surface area contributed by atoms with E-state index in [1.165, 1.54) is 12.0 Å². The molecule has 130 valence electrons. The van der Waals surface area contributed by atoms with Crippen LogP contribution in [0.1, 0.15) is 5.56 Å². The minimum atomic E-state index is -0.548. The van der Waals surface area contributed by atoms with E-state index < -0.39 is 5.97 Å². The molecule has 6 heteroatoms. The minimum Gasteiger partial charge on any atom is -0.466 e. The van der Waals surface area contributed by atoms with Crippen molar-refractivity contribution in [1.29, 1.82) is 0 Å². The van der Waals surface area contributed by atoms with Crippen LogP contribution in [0.5, 0.6) is 0 Å². The molecule has 1 amide bonds. The SMILES string of the molecule is COC(=O)C1=C(Nc2ccc(C)c3ccccc23)C(=O)N(CCO)C1. The number of hydrogen-bond donors (Lipinski definition) is 2. The van der Waals surface area contributed by atoms with Crippen molar-refractivity contribution >= 4 is 28.3 Å². The fourth-order valence-electron chi connectivity index (χ4n) is 3.04. The van der Waals surface area contributed by atoms with E-state index in [1.54, 1.807) is 0 Å². The topological polar surface area (TPSA) is 78.9 Å². The van der Waals surface area contributed by atoms with Crippen LogP contribution < -0.4 is 5.32 Å². The summed E-state index contributed by atoms with van der Waals surface area (Å²) in [5.41, 5.74) is 2.35. The lowest BCUT2D eigenvalue weighted by molar-refractivity contribution is -0.136. The number of β-amino-alcohol motifs (C(OH)–C–C–N with tert-alkyl or cyclic N) is 1. The third-order valence-electron chi connectivity index (χ3n) is 4.36. The molecule has 2 aromatic carbocycles. The third kappa shape index (κ3) is 3.08. The molecule has 0 saturated carbocycles. The lowest BCUT2D eigenvalue weighted by atomic mass is 10.0. The number of nitrogens with one attached hydrogen (secondary N) is 1. The average Bonchev–Trinajstić information content (AvgIpc) is 2.93. The van der Waals surface area contributed by atoms with Crippen molar-refractivity contribution in [2.45, 2.75) is 6.92 Å². The number of esters is 1. The van der Waals surface area contributed by atoms with Crippen molar-refractivity contribution in [3.8, 4) is 0 Å². The molecule has 0 fully saturated rings. The molecule has 1 heterocycles. The van der Waals surface area contributed by atoms with Crippen LogP contribution in [-0.4, -0.2) is 48.7 Å². The summed E-state index contributed by atoms with van der Waals surface area (Å²) in [5.74, 6) is -0.869. The Hall–Kier alpha value is -2.86. The lowest BCUT2D eigenvalue weighted by Crippen LogP contribution is -2.31. The molecule has 0 bridgehead atoms. The highest BCUT2D eigenvalue weighted by molar-refractivity contribution is 6.10. The molecule has 1 aliphatic rings. The van der Waals surface area contributed by atoms with E-state index in [0.717, 1.165) is 22.0 Å². The molecule has 1 aliphatic heterocycles. The van der Waals surface area contributed by atoms with Crippen LogP contribution in [0.4, 0.5) is 5.69 Å². The van der Waals surface area contributed by atoms with Crippen LogP contribution >= 0.6 is 0 Å². The number of nitrogens with zero attached hydrogens (tertiary/aromatic N) is 1. The molecular weight excluding hydrogens is 320 g/mol. The Balaban J connectivity index is 2.04. The number of carbonyl (C=O) groups excluding carboxylic acids is 2. The quantitative estimate of drug-likeness (QED) is 0.812. The number of anilines is 1. The third-order valence-corrected chi connectivity index (χ3v) is 4.36. The van der Waals surface area contributed by atoms with Gasteiger partial charge in [-0.2, -0.15) is 0 Å². The Morgan fingerprint density at radius 1 is 1.24 bits per heavy atom. The second-order valence-electron chi connectivity index (χ2n) is 5.90. The Morgan fingerprint density at radius 3 is 2.64 bits per heavy atom. The van der Waals surface area contributed by atoms with E-state index >= 15 is 0 Å². The van der Waals surface area contributed by atoms with E-state index in [9.17, 15) is 9.59 Å². The van der Waals surface area contributed by atoms with Crippen molar-refractivity contribution in [3.05, 3.63) is 53.2 Å². The van der Waals surface area contributed by atoms with Gasteiger partial charge in [0, 0.05) is 17.6 Å². The number of hydrogen-bond acceptors (Lipinski definition) is 5. The highest BCUT2D eigenvalue weighted by Gasteiger charge is 2.34. The molecule has 3 rings (SSSR count). The predicted molar refractivity (Wildman–Crippen MR) is 95.0 cm³/mol. The van der Waals surface area contributed by atoms with Gasteiger partial charge in [0.15, 0.2) is 0 Å². The number of methoxy groups -OCH3 is 1. The summed E-state index contributed by atoms with van der Waals surface area (Å²) in [6.45, 7) is 2.15. The van der Waals surface area contributed by atoms with Crippen molar-refractivity contribution in [2.75, 3.05) is 32.1 Å². The number of rotatable bonds is 5. The van der Waals surface area contributed by atoms with Crippen molar-refractivity contribution in [3.63, 3.8) is 0 Å². The van der Waals surface area contributed by atoms with E-state index in [0.29, 0.717) is 0 Å². The number of aliphatic hydroxyl groups excluding tert-OH is 1. The molecule has 6 nitrogen and oxygen atoms in total. The van der Waals surface area contributed by atoms with Crippen LogP contribution in [0.3, 0.4) is 0 Å². The van der Waals surface area contributed by atoms with Gasteiger partial charge in [0.05, 0.1) is 25.8 Å². The Labute approximate surface area is 145 Å². The summed E-state index contributed by atoms with van der Waals surface area (Å²) in [4.78, 5) is 26.1. The maximum atomic E-state index is 12.6. The normalized spacial score (nSPS) is 14.4. The fourth-order valence-corrected chi connectivity index (χ4v) is 3.04. The number of fused-ring (bicyclic) bond motifs is 1. The first kappa shape index (κ1) is 17.0. The first-order valence-corrected chi connectivity index (χ1v) is 8.03. The predicted octanol–water partition coefficient (Wildman–Crippen LogP) is 1.82. The summed E-state index contributed by atoms with van der Waals surface area (Å²) in [5, 5.41) is 14.3. The van der Waals surface area contributed by atoms with Gasteiger partial charge in [-0.05, 0) is 23.9 Å². The molecule has 2 aromatic rings. The highest BCUT2D eigenvalue weighted by Crippen LogP contribution is 2.29. The smallest absolute Gasteiger partial charge is 0.337 e. The van der Waals surface area contributed by atoms with E-state index in [2.05, 4.69) is 5.32 Å². The zero-order valence-corrected chi connectivity index (χ0v) is 14.2. The molecule has 0 spiro atoms. The molecule has 0 aromatic heterocycles. The highest BCUT2D eigenvalue weighted by atomic mass is 16.5. The molecule has 0 unspecified atom stereocenters. The maximum Gasteiger partial charge on any atom is 0.337 e. The molecule has 0 aliphatic carbocycles. The number of benzene rings is 2. The number of carbonyl (C=O) groups is 2. The molecular formula is C19H20N2O4. The summed E-state index contributed by atoms with van der Waals surface area (Å²) in [7, 11) is 1.29. The summed E-state index contributed by atoms with van der Waals surface area (Å²) in [6.07, 6.45) is 0. The van der Waals surface area contributed by atoms with Crippen molar-refractivity contribution in [2.24, 2.45) is 0 Å². The number of aliphatic hydroxyl groups is 1. The van der Waals surface area contributed by atoms with Crippen LogP contribution in [0.2, 0.25) is 0 Å². The van der Waals surface area contributed by atoms with Crippen LogP contribution in [0.25, 0.3) is 10.8 Å². The van der Waals surface area contributed by atoms with Crippen molar-refractivity contribution < 1.29 is 19.4 Å². The molecule has 0 atom stereocenters. The van der Waals surface area contributed by atoms with Gasteiger partial charge in [0.25, 0.3) is 5.91 Å². The zero-order valence-electron chi connectivity index (χ0n) is 14.2. The van der Waals surface area contributed by atoms with Crippen LogP contribution in [0.15, 0.2) is 47.7 Å². The molecule has 0 radical (unpaired) electrons. The fraction of sp³-hybridized carbons (Fsp3) is 0.263. The second-order valence-corrected chi connectivity index (χ2v) is 5.90. The average molecular weight is 340 g/mol. The van der Waals surface area contributed by atoms with E-state index in [4.69, 9.17) is 9.84 Å². The second kappa shape index (κ2) is 6.94. The molecule has 25 heavy (non-hydrogen) atoms. The minimum absolute atomic E-state index is 0.123. The van der Waals surface area contributed by atoms with Gasteiger partial charge in [-0.3, -0.25) is 4.79 Å². The summed E-state index contributed by atoms with van der Waals surface area (Å²) < 4.78 is 4.81. The number of ether oxygens (including phenoxy) is 1. The monoisotopic (exact) mass is 340 g/mol. The Morgan fingerprint density at radius 2 is 1.96 bits per heavy atom. The first-order valence-electron chi connectivity index (χ1n) is 8.03. The van der Waals surface area contributed by atoms with Gasteiger partial charge in [0.1, 0.15) is 5.70 Å². The Kier molecular flexibility index (Phi) is 4.72. The number of amides is 1. The van der Waals surface area contributed by atoms with Gasteiger partial charge in [-0.25, -0.2) is 4.79 Å². The van der Waals surface area contributed by atoms with E-state index in [1.807, 2.05) is 43.3 Å². The van der Waals surface area contributed by atoms with Crippen molar-refractivity contribution in [1.82, 2.24) is 4.90 Å². The van der Waals surface area contributed by atoms with Gasteiger partial charge >= 0.3 is 5.97 Å². The summed E-state index contributed by atoms with van der Waals surface area (Å²) in [6, 6.07) is 11.7. The first-order chi connectivity index (χ1) is 12.1.